The van der Waals surface area contributed by atoms with E-state index in [0.717, 1.165) is 25.1 Å². The Hall–Kier alpha value is -1.62. The van der Waals surface area contributed by atoms with Crippen molar-refractivity contribution in [3.05, 3.63) is 30.1 Å². The van der Waals surface area contributed by atoms with Crippen LogP contribution in [0.3, 0.4) is 0 Å². The maximum Gasteiger partial charge on any atom is 0.249 e. The van der Waals surface area contributed by atoms with Crippen LogP contribution in [0.2, 0.25) is 0 Å². The molecule has 116 valence electrons. The molecule has 0 bridgehead atoms. The zero-order chi connectivity index (χ0) is 15.2. The highest BCUT2D eigenvalue weighted by atomic mass is 19.1. The molecule has 1 aromatic rings. The number of hydrogen-bond donors (Lipinski definition) is 1. The largest absolute Gasteiger partial charge is 0.369 e. The number of amides is 1. The molecule has 0 radical (unpaired) electrons. The van der Waals surface area contributed by atoms with Crippen LogP contribution in [-0.4, -0.2) is 37.7 Å². The molecule has 1 aromatic carbocycles. The van der Waals surface area contributed by atoms with Gasteiger partial charge in [-0.1, -0.05) is 6.07 Å². The molecule has 21 heavy (non-hydrogen) atoms. The minimum Gasteiger partial charge on any atom is -0.369 e. The summed E-state index contributed by atoms with van der Waals surface area (Å²) >= 11 is 0. The van der Waals surface area contributed by atoms with Crippen molar-refractivity contribution in [2.45, 2.75) is 38.8 Å². The van der Waals surface area contributed by atoms with Gasteiger partial charge in [-0.05, 0) is 44.9 Å². The lowest BCUT2D eigenvalue weighted by atomic mass is 10.0. The van der Waals surface area contributed by atoms with Crippen LogP contribution in [-0.2, 0) is 9.53 Å². The van der Waals surface area contributed by atoms with Crippen molar-refractivity contribution >= 4 is 11.6 Å². The predicted molar refractivity (Wildman–Crippen MR) is 80.9 cm³/mol. The molecule has 0 aliphatic carbocycles. The summed E-state index contributed by atoms with van der Waals surface area (Å²) < 4.78 is 18.6. The molecule has 1 aliphatic heterocycles. The second-order valence-corrected chi connectivity index (χ2v) is 5.37. The molecule has 0 spiro atoms. The zero-order valence-electron chi connectivity index (χ0n) is 12.6. The summed E-state index contributed by atoms with van der Waals surface area (Å²) in [6, 6.07) is 6.67. The van der Waals surface area contributed by atoms with Crippen molar-refractivity contribution < 1.29 is 13.9 Å². The summed E-state index contributed by atoms with van der Waals surface area (Å²) in [7, 11) is 0. The van der Waals surface area contributed by atoms with Gasteiger partial charge in [-0.25, -0.2) is 4.39 Å². The summed E-state index contributed by atoms with van der Waals surface area (Å²) in [6.07, 6.45) is 1.49. The molecule has 0 aromatic heterocycles. The number of benzene rings is 1. The van der Waals surface area contributed by atoms with Crippen LogP contribution in [0.15, 0.2) is 24.3 Å². The molecule has 1 N–H and O–H groups in total. The molecule has 0 unspecified atom stereocenters. The smallest absolute Gasteiger partial charge is 0.249 e. The van der Waals surface area contributed by atoms with E-state index in [2.05, 4.69) is 10.2 Å². The minimum atomic E-state index is -0.431. The van der Waals surface area contributed by atoms with Crippen molar-refractivity contribution in [3.8, 4) is 0 Å². The lowest BCUT2D eigenvalue weighted by molar-refractivity contribution is -0.132. The Morgan fingerprint density at radius 2 is 2.38 bits per heavy atom. The van der Waals surface area contributed by atoms with Crippen LogP contribution in [0.5, 0.6) is 0 Å². The lowest BCUT2D eigenvalue weighted by Gasteiger charge is -2.35. The number of carbonyl (C=O) groups is 1. The minimum absolute atomic E-state index is 0.0806. The topological polar surface area (TPSA) is 41.6 Å². The van der Waals surface area contributed by atoms with Gasteiger partial charge in [0.15, 0.2) is 0 Å². The Kier molecular flexibility index (Phi) is 5.56. The number of piperidine rings is 1. The number of nitrogens with one attached hydrogen (secondary N) is 1. The Morgan fingerprint density at radius 3 is 3.10 bits per heavy atom. The van der Waals surface area contributed by atoms with Gasteiger partial charge in [0.1, 0.15) is 11.9 Å². The fraction of sp³-hybridized carbons (Fsp3) is 0.562. The van der Waals surface area contributed by atoms with E-state index in [-0.39, 0.29) is 17.8 Å². The van der Waals surface area contributed by atoms with E-state index in [4.69, 9.17) is 4.74 Å². The van der Waals surface area contributed by atoms with E-state index in [0.29, 0.717) is 13.2 Å². The third-order valence-corrected chi connectivity index (χ3v) is 3.73. The Balaban J connectivity index is 1.93. The third-order valence-electron chi connectivity index (χ3n) is 3.73. The molecule has 1 heterocycles. The van der Waals surface area contributed by atoms with Gasteiger partial charge in [-0.3, -0.25) is 4.79 Å². The first-order valence-corrected chi connectivity index (χ1v) is 7.52. The molecular formula is C16H23FN2O2. The zero-order valence-corrected chi connectivity index (χ0v) is 12.6. The van der Waals surface area contributed by atoms with Gasteiger partial charge in [-0.2, -0.15) is 0 Å². The maximum absolute atomic E-state index is 13.3. The van der Waals surface area contributed by atoms with Gasteiger partial charge < -0.3 is 15.0 Å². The average Bonchev–Trinajstić information content (AvgIpc) is 2.48. The van der Waals surface area contributed by atoms with Crippen LogP contribution < -0.4 is 10.2 Å². The molecule has 5 heteroatoms. The van der Waals surface area contributed by atoms with Crippen LogP contribution in [0.25, 0.3) is 0 Å². The Labute approximate surface area is 125 Å². The maximum atomic E-state index is 13.3. The quantitative estimate of drug-likeness (QED) is 0.906. The highest BCUT2D eigenvalue weighted by Crippen LogP contribution is 2.20. The van der Waals surface area contributed by atoms with Gasteiger partial charge >= 0.3 is 0 Å². The number of carbonyl (C=O) groups excluding carboxylic acids is 1. The van der Waals surface area contributed by atoms with E-state index in [1.807, 2.05) is 13.0 Å². The van der Waals surface area contributed by atoms with E-state index in [1.165, 1.54) is 12.1 Å². The van der Waals surface area contributed by atoms with E-state index in [9.17, 15) is 9.18 Å². The van der Waals surface area contributed by atoms with Crippen molar-refractivity contribution in [3.63, 3.8) is 0 Å². The molecule has 1 amide bonds. The summed E-state index contributed by atoms with van der Waals surface area (Å²) in [6.45, 7) is 5.74. The van der Waals surface area contributed by atoms with Gasteiger partial charge in [0.2, 0.25) is 5.91 Å². The fourth-order valence-corrected chi connectivity index (χ4v) is 2.65. The second kappa shape index (κ2) is 7.41. The SMILES string of the molecule is CCO[C@@H](C)C(=O)N[C@@H]1CCCN(c2cccc(F)c2)C1. The summed E-state index contributed by atoms with van der Waals surface area (Å²) in [5.74, 6) is -0.313. The lowest BCUT2D eigenvalue weighted by Crippen LogP contribution is -2.50. The first kappa shape index (κ1) is 15.8. The number of rotatable bonds is 5. The number of halogens is 1. The number of ether oxygens (including phenoxy) is 1. The Morgan fingerprint density at radius 1 is 1.57 bits per heavy atom. The predicted octanol–water partition coefficient (Wildman–Crippen LogP) is 2.34. The van der Waals surface area contributed by atoms with Crippen LogP contribution in [0, 0.1) is 5.82 Å². The van der Waals surface area contributed by atoms with Gasteiger partial charge in [0.05, 0.1) is 0 Å². The van der Waals surface area contributed by atoms with Crippen LogP contribution in [0.1, 0.15) is 26.7 Å². The Bertz CT molecular complexity index is 481. The van der Waals surface area contributed by atoms with Crippen LogP contribution >= 0.6 is 0 Å². The highest BCUT2D eigenvalue weighted by molar-refractivity contribution is 5.80. The van der Waals surface area contributed by atoms with Crippen molar-refractivity contribution in [2.75, 3.05) is 24.6 Å². The summed E-state index contributed by atoms with van der Waals surface area (Å²) in [4.78, 5) is 14.1. The first-order chi connectivity index (χ1) is 10.1. The summed E-state index contributed by atoms with van der Waals surface area (Å²) in [5.41, 5.74) is 0.867. The van der Waals surface area contributed by atoms with Gasteiger partial charge in [-0.15, -0.1) is 0 Å². The number of anilines is 1. The molecule has 1 aliphatic rings. The molecule has 1 saturated heterocycles. The average molecular weight is 294 g/mol. The molecule has 2 atom stereocenters. The van der Waals surface area contributed by atoms with Crippen molar-refractivity contribution in [2.24, 2.45) is 0 Å². The van der Waals surface area contributed by atoms with E-state index in [1.54, 1.807) is 13.0 Å². The van der Waals surface area contributed by atoms with Gasteiger partial charge in [0, 0.05) is 31.4 Å². The van der Waals surface area contributed by atoms with E-state index >= 15 is 0 Å². The fourth-order valence-electron chi connectivity index (χ4n) is 2.65. The monoisotopic (exact) mass is 294 g/mol. The molecule has 0 saturated carbocycles. The number of hydrogen-bond acceptors (Lipinski definition) is 3. The van der Waals surface area contributed by atoms with Gasteiger partial charge in [0.25, 0.3) is 0 Å². The molecule has 2 rings (SSSR count). The third kappa shape index (κ3) is 4.43. The molecule has 1 fully saturated rings. The molecular weight excluding hydrogens is 271 g/mol. The first-order valence-electron chi connectivity index (χ1n) is 7.52. The van der Waals surface area contributed by atoms with Crippen molar-refractivity contribution in [1.29, 1.82) is 0 Å². The standard InChI is InChI=1S/C16H23FN2O2/c1-3-21-12(2)16(20)18-14-7-5-9-19(11-14)15-8-4-6-13(17)10-15/h4,6,8,10,12,14H,3,5,7,9,11H2,1-2H3,(H,18,20)/t12-,14+/m0/s1. The summed E-state index contributed by atoms with van der Waals surface area (Å²) in [5, 5.41) is 3.02. The molecule has 4 nitrogen and oxygen atoms in total. The second-order valence-electron chi connectivity index (χ2n) is 5.37. The van der Waals surface area contributed by atoms with E-state index < -0.39 is 6.10 Å². The normalized spacial score (nSPS) is 20.1. The van der Waals surface area contributed by atoms with Crippen molar-refractivity contribution in [1.82, 2.24) is 5.32 Å². The van der Waals surface area contributed by atoms with Crippen LogP contribution in [0.4, 0.5) is 10.1 Å². The highest BCUT2D eigenvalue weighted by Gasteiger charge is 2.23. The number of nitrogens with zero attached hydrogens (tertiary/aromatic N) is 1.